The highest BCUT2D eigenvalue weighted by Gasteiger charge is 2.03. The van der Waals surface area contributed by atoms with E-state index >= 15 is 0 Å². The number of benzene rings is 2. The van der Waals surface area contributed by atoms with Gasteiger partial charge in [0.15, 0.2) is 0 Å². The highest BCUT2D eigenvalue weighted by molar-refractivity contribution is 5.70. The molecule has 0 saturated carbocycles. The van der Waals surface area contributed by atoms with Gasteiger partial charge < -0.3 is 14.8 Å². The first-order valence-electron chi connectivity index (χ1n) is 7.21. The number of hydrogen-bond acceptors (Lipinski definition) is 3. The Hall–Kier alpha value is -2.49. The predicted octanol–water partition coefficient (Wildman–Crippen LogP) is 2.98. The average molecular weight is 260 g/mol. The monoisotopic (exact) mass is 260 g/mol. The van der Waals surface area contributed by atoms with Crippen molar-refractivity contribution in [3.63, 3.8) is 0 Å². The number of methoxy groups -OCH3 is 1. The third-order valence-electron chi connectivity index (χ3n) is 2.43. The molecule has 0 fully saturated rings. The van der Waals surface area contributed by atoms with Gasteiger partial charge in [-0.15, -0.1) is 0 Å². The summed E-state index contributed by atoms with van der Waals surface area (Å²) in [5.41, 5.74) is 0.794. The molecule has 0 aliphatic heterocycles. The molecule has 0 spiro atoms. The molecule has 2 aromatic carbocycles. The summed E-state index contributed by atoms with van der Waals surface area (Å²) in [6.45, 7) is 0.264. The fourth-order valence-electron chi connectivity index (χ4n) is 1.48. The number of ether oxygens (including phenoxy) is 2. The van der Waals surface area contributed by atoms with E-state index in [4.69, 9.17) is 13.6 Å². The summed E-state index contributed by atoms with van der Waals surface area (Å²) >= 11 is 0. The van der Waals surface area contributed by atoms with Crippen LogP contribution in [0.15, 0.2) is 54.6 Å². The van der Waals surface area contributed by atoms with Gasteiger partial charge in [0.05, 0.1) is 11.2 Å². The molecule has 98 valence electrons. The smallest absolute Gasteiger partial charge is 0.412 e. The van der Waals surface area contributed by atoms with Crippen LogP contribution in [-0.4, -0.2) is 13.1 Å². The summed E-state index contributed by atoms with van der Waals surface area (Å²) in [7, 11) is -2.47. The maximum absolute atomic E-state index is 11.6. The van der Waals surface area contributed by atoms with Crippen molar-refractivity contribution in [3.8, 4) is 11.5 Å². The molecule has 0 radical (unpaired) electrons. The summed E-state index contributed by atoms with van der Waals surface area (Å²) in [5, 5.41) is 2.60. The number of para-hydroxylation sites is 1. The van der Waals surface area contributed by atoms with Gasteiger partial charge in [-0.05, 0) is 29.8 Å². The van der Waals surface area contributed by atoms with Gasteiger partial charge in [0.25, 0.3) is 0 Å². The van der Waals surface area contributed by atoms with E-state index in [0.717, 1.165) is 5.56 Å². The van der Waals surface area contributed by atoms with Crippen LogP contribution in [0.3, 0.4) is 0 Å². The van der Waals surface area contributed by atoms with Crippen LogP contribution in [0.2, 0.25) is 0 Å². The maximum atomic E-state index is 11.6. The minimum Gasteiger partial charge on any atom is -0.497 e. The average Bonchev–Trinajstić information content (AvgIpc) is 2.46. The van der Waals surface area contributed by atoms with Crippen molar-refractivity contribution in [2.24, 2.45) is 0 Å². The van der Waals surface area contributed by atoms with Gasteiger partial charge in [0, 0.05) is 6.54 Å². The van der Waals surface area contributed by atoms with Crippen LogP contribution in [-0.2, 0) is 6.54 Å². The molecule has 4 nitrogen and oxygen atoms in total. The standard InChI is InChI=1S/C15H15NO3/c1-18-13-9-7-12(8-10-13)11-16-15(17)19-14-5-3-2-4-6-14/h2-10H,11H2,1H3,(H,16,17)/i1D3. The lowest BCUT2D eigenvalue weighted by molar-refractivity contribution is 0.200. The van der Waals surface area contributed by atoms with Gasteiger partial charge in [-0.3, -0.25) is 0 Å². The maximum Gasteiger partial charge on any atom is 0.412 e. The normalized spacial score (nSPS) is 12.7. The molecule has 0 atom stereocenters. The van der Waals surface area contributed by atoms with Crippen molar-refractivity contribution in [2.45, 2.75) is 6.54 Å². The Morgan fingerprint density at radius 1 is 1.11 bits per heavy atom. The van der Waals surface area contributed by atoms with Crippen LogP contribution in [0.1, 0.15) is 9.68 Å². The number of rotatable bonds is 4. The van der Waals surface area contributed by atoms with E-state index in [1.807, 2.05) is 6.07 Å². The Morgan fingerprint density at radius 3 is 2.53 bits per heavy atom. The van der Waals surface area contributed by atoms with Gasteiger partial charge in [0.1, 0.15) is 11.5 Å². The zero-order chi connectivity index (χ0) is 16.0. The van der Waals surface area contributed by atoms with Gasteiger partial charge in [-0.25, -0.2) is 4.79 Å². The van der Waals surface area contributed by atoms with Crippen LogP contribution >= 0.6 is 0 Å². The lowest BCUT2D eigenvalue weighted by atomic mass is 10.2. The van der Waals surface area contributed by atoms with Crippen LogP contribution in [0.4, 0.5) is 4.79 Å². The summed E-state index contributed by atoms with van der Waals surface area (Å²) in [4.78, 5) is 11.6. The van der Waals surface area contributed by atoms with Gasteiger partial charge >= 0.3 is 6.09 Å². The molecule has 0 heterocycles. The summed E-state index contributed by atoms with van der Waals surface area (Å²) < 4.78 is 30.8. The van der Waals surface area contributed by atoms with Crippen molar-refractivity contribution in [2.75, 3.05) is 7.04 Å². The summed E-state index contributed by atoms with van der Waals surface area (Å²) in [5.74, 6) is 0.706. The molecule has 0 bridgehead atoms. The van der Waals surface area contributed by atoms with Crippen molar-refractivity contribution < 1.29 is 18.4 Å². The molecule has 1 amide bonds. The fraction of sp³-hybridized carbons (Fsp3) is 0.133. The number of amides is 1. The zero-order valence-corrected chi connectivity index (χ0v) is 10.1. The van der Waals surface area contributed by atoms with Crippen LogP contribution in [0.5, 0.6) is 11.5 Å². The van der Waals surface area contributed by atoms with Crippen LogP contribution in [0, 0.1) is 0 Å². The number of carbonyl (C=O) groups is 1. The predicted molar refractivity (Wildman–Crippen MR) is 72.3 cm³/mol. The SMILES string of the molecule is [2H]C([2H])([2H])Oc1ccc(CNC(=O)Oc2ccccc2)cc1. The second-order valence-corrected chi connectivity index (χ2v) is 3.80. The van der Waals surface area contributed by atoms with Crippen LogP contribution < -0.4 is 14.8 Å². The third-order valence-corrected chi connectivity index (χ3v) is 2.43. The van der Waals surface area contributed by atoms with E-state index in [9.17, 15) is 4.79 Å². The lowest BCUT2D eigenvalue weighted by Gasteiger charge is -2.07. The lowest BCUT2D eigenvalue weighted by Crippen LogP contribution is -2.26. The first kappa shape index (κ1) is 9.44. The molecular weight excluding hydrogens is 242 g/mol. The van der Waals surface area contributed by atoms with E-state index in [2.05, 4.69) is 5.32 Å². The zero-order valence-electron chi connectivity index (χ0n) is 13.1. The summed E-state index contributed by atoms with van der Waals surface area (Å²) in [6.07, 6.45) is -0.561. The topological polar surface area (TPSA) is 47.6 Å². The highest BCUT2D eigenvalue weighted by atomic mass is 16.6. The van der Waals surface area contributed by atoms with Gasteiger partial charge in [0.2, 0.25) is 0 Å². The van der Waals surface area contributed by atoms with Crippen molar-refractivity contribution in [1.82, 2.24) is 5.32 Å². The fourth-order valence-corrected chi connectivity index (χ4v) is 1.48. The number of nitrogens with one attached hydrogen (secondary N) is 1. The Balaban J connectivity index is 1.83. The van der Waals surface area contributed by atoms with Crippen LogP contribution in [0.25, 0.3) is 0 Å². The quantitative estimate of drug-likeness (QED) is 0.919. The Bertz CT molecular complexity index is 612. The van der Waals surface area contributed by atoms with Crippen molar-refractivity contribution in [3.05, 3.63) is 60.2 Å². The highest BCUT2D eigenvalue weighted by Crippen LogP contribution is 2.11. The van der Waals surface area contributed by atoms with E-state index in [1.165, 1.54) is 12.1 Å². The minimum atomic E-state index is -2.47. The Morgan fingerprint density at radius 2 is 1.84 bits per heavy atom. The number of carbonyl (C=O) groups excluding carboxylic acids is 1. The van der Waals surface area contributed by atoms with E-state index < -0.39 is 13.1 Å². The second-order valence-electron chi connectivity index (χ2n) is 3.80. The molecule has 19 heavy (non-hydrogen) atoms. The largest absolute Gasteiger partial charge is 0.497 e. The van der Waals surface area contributed by atoms with Crippen molar-refractivity contribution >= 4 is 6.09 Å². The molecule has 0 aliphatic carbocycles. The Kier molecular flexibility index (Phi) is 3.20. The molecule has 4 heteroatoms. The first-order chi connectivity index (χ1) is 10.4. The summed E-state index contributed by atoms with van der Waals surface area (Å²) in [6, 6.07) is 15.1. The molecule has 0 aliphatic rings. The molecule has 2 rings (SSSR count). The van der Waals surface area contributed by atoms with E-state index in [0.29, 0.717) is 5.75 Å². The molecule has 0 saturated heterocycles. The molecular formula is C15H15NO3. The first-order valence-corrected chi connectivity index (χ1v) is 5.71. The van der Waals surface area contributed by atoms with Gasteiger partial charge in [-0.1, -0.05) is 30.3 Å². The van der Waals surface area contributed by atoms with E-state index in [-0.39, 0.29) is 12.3 Å². The second kappa shape index (κ2) is 6.44. The van der Waals surface area contributed by atoms with Gasteiger partial charge in [-0.2, -0.15) is 0 Å². The van der Waals surface area contributed by atoms with Crippen molar-refractivity contribution in [1.29, 1.82) is 0 Å². The number of hydrogen-bond donors (Lipinski definition) is 1. The Labute approximate surface area is 116 Å². The molecule has 2 aromatic rings. The molecule has 0 unspecified atom stereocenters. The third kappa shape index (κ3) is 4.03. The molecule has 0 aromatic heterocycles. The van der Waals surface area contributed by atoms with E-state index in [1.54, 1.807) is 36.4 Å². The minimum absolute atomic E-state index is 0.246. The molecule has 1 N–H and O–H groups in total.